The van der Waals surface area contributed by atoms with Crippen molar-refractivity contribution in [2.75, 3.05) is 11.9 Å². The molecule has 0 radical (unpaired) electrons. The largest absolute Gasteiger partial charge is 0.325 e. The van der Waals surface area contributed by atoms with Gasteiger partial charge in [0, 0.05) is 5.02 Å². The minimum Gasteiger partial charge on any atom is -0.322 e. The highest BCUT2D eigenvalue weighted by Gasteiger charge is 2.49. The summed E-state index contributed by atoms with van der Waals surface area (Å²) in [7, 11) is 0. The first-order chi connectivity index (χ1) is 13.8. The third-order valence-electron chi connectivity index (χ3n) is 5.46. The zero-order valence-electron chi connectivity index (χ0n) is 15.7. The molecule has 6 nitrogen and oxygen atoms in total. The SMILES string of the molecule is C[C@]1(c2ccc3c(c2)CCC3)NC(=O)N(CC(=O)Nc2ccc(Cl)cc2F)C1=O. The molecule has 0 spiro atoms. The Morgan fingerprint density at radius 1 is 1.21 bits per heavy atom. The minimum atomic E-state index is -1.25. The fraction of sp³-hybridized carbons (Fsp3) is 0.286. The van der Waals surface area contributed by atoms with Gasteiger partial charge in [0.15, 0.2) is 0 Å². The van der Waals surface area contributed by atoms with Crippen molar-refractivity contribution in [1.29, 1.82) is 0 Å². The number of rotatable bonds is 4. The van der Waals surface area contributed by atoms with E-state index in [0.717, 1.165) is 30.2 Å². The van der Waals surface area contributed by atoms with Crippen LogP contribution in [0, 0.1) is 5.82 Å². The molecule has 2 aliphatic rings. The Kier molecular flexibility index (Phi) is 4.78. The van der Waals surface area contributed by atoms with Crippen LogP contribution in [0.3, 0.4) is 0 Å². The number of imide groups is 1. The standard InChI is InChI=1S/C21H19ClFN3O3/c1-21(14-6-5-12-3-2-4-13(12)9-14)19(28)26(20(29)25-21)11-18(27)24-17-8-7-15(22)10-16(17)23/h5-10H,2-4,11H2,1H3,(H,24,27)(H,25,29)/t21-/m1/s1. The molecule has 29 heavy (non-hydrogen) atoms. The van der Waals surface area contributed by atoms with Crippen LogP contribution in [-0.4, -0.2) is 29.3 Å². The first-order valence-corrected chi connectivity index (χ1v) is 9.67. The van der Waals surface area contributed by atoms with Crippen LogP contribution in [-0.2, 0) is 28.0 Å². The fourth-order valence-corrected chi connectivity index (χ4v) is 4.00. The van der Waals surface area contributed by atoms with E-state index in [4.69, 9.17) is 11.6 Å². The molecule has 0 bridgehead atoms. The molecule has 8 heteroatoms. The number of urea groups is 1. The summed E-state index contributed by atoms with van der Waals surface area (Å²) in [6.45, 7) is 1.11. The molecule has 4 rings (SSSR count). The fourth-order valence-electron chi connectivity index (χ4n) is 3.84. The van der Waals surface area contributed by atoms with Crippen LogP contribution in [0.4, 0.5) is 14.9 Å². The zero-order valence-corrected chi connectivity index (χ0v) is 16.5. The predicted octanol–water partition coefficient (Wildman–Crippen LogP) is 3.37. The molecule has 1 heterocycles. The molecular weight excluding hydrogens is 397 g/mol. The number of nitrogens with zero attached hydrogens (tertiary/aromatic N) is 1. The normalized spacial score (nSPS) is 20.6. The third kappa shape index (κ3) is 3.46. The zero-order chi connectivity index (χ0) is 20.8. The number of fused-ring (bicyclic) bond motifs is 1. The van der Waals surface area contributed by atoms with Gasteiger partial charge in [-0.1, -0.05) is 29.8 Å². The van der Waals surface area contributed by atoms with Gasteiger partial charge in [-0.2, -0.15) is 0 Å². The van der Waals surface area contributed by atoms with Gasteiger partial charge in [0.05, 0.1) is 5.69 Å². The first kappa shape index (κ1) is 19.4. The maximum Gasteiger partial charge on any atom is 0.325 e. The van der Waals surface area contributed by atoms with Crippen LogP contribution in [0.5, 0.6) is 0 Å². The van der Waals surface area contributed by atoms with Crippen LogP contribution >= 0.6 is 11.6 Å². The first-order valence-electron chi connectivity index (χ1n) is 9.29. The van der Waals surface area contributed by atoms with E-state index in [1.807, 2.05) is 18.2 Å². The quantitative estimate of drug-likeness (QED) is 0.751. The topological polar surface area (TPSA) is 78.5 Å². The number of hydrogen-bond donors (Lipinski definition) is 2. The summed E-state index contributed by atoms with van der Waals surface area (Å²) in [5.74, 6) is -1.91. The third-order valence-corrected chi connectivity index (χ3v) is 5.69. The number of carbonyl (C=O) groups excluding carboxylic acids is 3. The lowest BCUT2D eigenvalue weighted by molar-refractivity contribution is -0.133. The Labute approximate surface area is 172 Å². The van der Waals surface area contributed by atoms with Crippen LogP contribution in [0.2, 0.25) is 5.02 Å². The highest BCUT2D eigenvalue weighted by atomic mass is 35.5. The van der Waals surface area contributed by atoms with Gasteiger partial charge >= 0.3 is 6.03 Å². The molecule has 0 aromatic heterocycles. The molecule has 150 valence electrons. The van der Waals surface area contributed by atoms with Crippen LogP contribution in [0.1, 0.15) is 30.0 Å². The lowest BCUT2D eigenvalue weighted by Crippen LogP contribution is -2.42. The second kappa shape index (κ2) is 7.15. The smallest absolute Gasteiger partial charge is 0.322 e. The van der Waals surface area contributed by atoms with E-state index >= 15 is 0 Å². The maximum absolute atomic E-state index is 13.9. The highest BCUT2D eigenvalue weighted by molar-refractivity contribution is 6.30. The average Bonchev–Trinajstić information content (AvgIpc) is 3.22. The van der Waals surface area contributed by atoms with E-state index < -0.39 is 35.7 Å². The Morgan fingerprint density at radius 3 is 2.72 bits per heavy atom. The second-order valence-electron chi connectivity index (χ2n) is 7.46. The lowest BCUT2D eigenvalue weighted by atomic mass is 9.89. The Bertz CT molecular complexity index is 1040. The van der Waals surface area contributed by atoms with E-state index in [-0.39, 0.29) is 10.7 Å². The van der Waals surface area contributed by atoms with Gasteiger partial charge < -0.3 is 10.6 Å². The van der Waals surface area contributed by atoms with Crippen molar-refractivity contribution in [2.24, 2.45) is 0 Å². The van der Waals surface area contributed by atoms with E-state index in [2.05, 4.69) is 10.6 Å². The molecule has 1 saturated heterocycles. The van der Waals surface area contributed by atoms with Crippen molar-refractivity contribution < 1.29 is 18.8 Å². The molecule has 1 atom stereocenters. The monoisotopic (exact) mass is 415 g/mol. The van der Waals surface area contributed by atoms with Crippen molar-refractivity contribution in [3.63, 3.8) is 0 Å². The summed E-state index contributed by atoms with van der Waals surface area (Å²) < 4.78 is 13.9. The molecule has 4 amide bonds. The van der Waals surface area contributed by atoms with Gasteiger partial charge in [0.2, 0.25) is 5.91 Å². The van der Waals surface area contributed by atoms with Crippen molar-refractivity contribution in [2.45, 2.75) is 31.7 Å². The maximum atomic E-state index is 13.9. The Balaban J connectivity index is 1.51. The summed E-state index contributed by atoms with van der Waals surface area (Å²) in [6, 6.07) is 8.93. The van der Waals surface area contributed by atoms with Gasteiger partial charge in [0.25, 0.3) is 5.91 Å². The van der Waals surface area contributed by atoms with Gasteiger partial charge in [-0.05, 0) is 61.1 Å². The number of nitrogens with one attached hydrogen (secondary N) is 2. The molecule has 1 fully saturated rings. The van der Waals surface area contributed by atoms with Gasteiger partial charge in [-0.25, -0.2) is 9.18 Å². The Morgan fingerprint density at radius 2 is 1.97 bits per heavy atom. The molecule has 2 aromatic carbocycles. The highest BCUT2D eigenvalue weighted by Crippen LogP contribution is 2.32. The molecule has 2 N–H and O–H groups in total. The van der Waals surface area contributed by atoms with E-state index in [1.54, 1.807) is 6.92 Å². The number of aryl methyl sites for hydroxylation is 2. The minimum absolute atomic E-state index is 0.0761. The van der Waals surface area contributed by atoms with Gasteiger partial charge in [-0.3, -0.25) is 14.5 Å². The van der Waals surface area contributed by atoms with Crippen LogP contribution in [0.25, 0.3) is 0 Å². The molecular formula is C21H19ClFN3O3. The predicted molar refractivity (Wildman–Crippen MR) is 106 cm³/mol. The number of amides is 4. The van der Waals surface area contributed by atoms with Gasteiger partial charge in [-0.15, -0.1) is 0 Å². The number of carbonyl (C=O) groups is 3. The average molecular weight is 416 g/mol. The summed E-state index contributed by atoms with van der Waals surface area (Å²) in [4.78, 5) is 38.6. The lowest BCUT2D eigenvalue weighted by Gasteiger charge is -2.23. The molecule has 0 unspecified atom stereocenters. The number of benzene rings is 2. The Hall–Kier alpha value is -2.93. The molecule has 1 aliphatic heterocycles. The van der Waals surface area contributed by atoms with Gasteiger partial charge in [0.1, 0.15) is 17.9 Å². The summed E-state index contributed by atoms with van der Waals surface area (Å²) in [5, 5.41) is 5.25. The van der Waals surface area contributed by atoms with Crippen LogP contribution in [0.15, 0.2) is 36.4 Å². The van der Waals surface area contributed by atoms with Crippen molar-refractivity contribution in [3.05, 3.63) is 63.9 Å². The van der Waals surface area contributed by atoms with Crippen molar-refractivity contribution in [1.82, 2.24) is 10.2 Å². The van der Waals surface area contributed by atoms with Crippen molar-refractivity contribution in [3.8, 4) is 0 Å². The van der Waals surface area contributed by atoms with E-state index in [1.165, 1.54) is 23.3 Å². The van der Waals surface area contributed by atoms with Crippen molar-refractivity contribution >= 4 is 35.1 Å². The van der Waals surface area contributed by atoms with E-state index in [0.29, 0.717) is 5.56 Å². The summed E-state index contributed by atoms with van der Waals surface area (Å²) in [5.41, 5.74) is 1.80. The van der Waals surface area contributed by atoms with E-state index in [9.17, 15) is 18.8 Å². The summed E-state index contributed by atoms with van der Waals surface area (Å²) >= 11 is 5.70. The summed E-state index contributed by atoms with van der Waals surface area (Å²) in [6.07, 6.45) is 3.03. The molecule has 1 aliphatic carbocycles. The van der Waals surface area contributed by atoms with Crippen LogP contribution < -0.4 is 10.6 Å². The second-order valence-corrected chi connectivity index (χ2v) is 7.89. The number of anilines is 1. The molecule has 0 saturated carbocycles. The molecule has 2 aromatic rings. The number of hydrogen-bond acceptors (Lipinski definition) is 3. The number of halogens is 2.